The molecule has 158 valence electrons. The lowest BCUT2D eigenvalue weighted by atomic mass is 10.0. The Balaban J connectivity index is 1.42. The summed E-state index contributed by atoms with van der Waals surface area (Å²) in [5.41, 5.74) is 1.38. The van der Waals surface area contributed by atoms with Gasteiger partial charge in [0.05, 0.1) is 29.4 Å². The molecule has 1 aliphatic heterocycles. The van der Waals surface area contributed by atoms with E-state index in [4.69, 9.17) is 4.74 Å². The third-order valence-corrected chi connectivity index (χ3v) is 5.78. The van der Waals surface area contributed by atoms with Crippen LogP contribution in [0, 0.1) is 5.92 Å². The first-order valence-corrected chi connectivity index (χ1v) is 11.0. The second-order valence-electron chi connectivity index (χ2n) is 8.16. The van der Waals surface area contributed by atoms with Crippen LogP contribution in [0.3, 0.4) is 0 Å². The number of rotatable bonds is 7. The molecule has 0 aliphatic carbocycles. The van der Waals surface area contributed by atoms with Gasteiger partial charge in [-0.15, -0.1) is 0 Å². The molecule has 2 aromatic heterocycles. The van der Waals surface area contributed by atoms with Crippen molar-refractivity contribution in [3.8, 4) is 11.4 Å². The van der Waals surface area contributed by atoms with Gasteiger partial charge in [0, 0.05) is 25.7 Å². The second kappa shape index (κ2) is 9.39. The van der Waals surface area contributed by atoms with Gasteiger partial charge in [0.1, 0.15) is 11.6 Å². The zero-order valence-electron chi connectivity index (χ0n) is 17.9. The van der Waals surface area contributed by atoms with Crippen molar-refractivity contribution in [1.82, 2.24) is 19.4 Å². The average molecular weight is 407 g/mol. The van der Waals surface area contributed by atoms with Gasteiger partial charge in [0.25, 0.3) is 5.56 Å². The van der Waals surface area contributed by atoms with Gasteiger partial charge in [-0.2, -0.15) is 0 Å². The molecule has 30 heavy (non-hydrogen) atoms. The van der Waals surface area contributed by atoms with Crippen LogP contribution in [0.25, 0.3) is 16.6 Å². The average Bonchev–Trinajstić information content (AvgIpc) is 2.77. The van der Waals surface area contributed by atoms with Crippen LogP contribution >= 0.6 is 0 Å². The molecule has 3 heterocycles. The van der Waals surface area contributed by atoms with Gasteiger partial charge >= 0.3 is 0 Å². The highest BCUT2D eigenvalue weighted by atomic mass is 16.5. The van der Waals surface area contributed by atoms with Crippen molar-refractivity contribution in [2.24, 2.45) is 5.92 Å². The zero-order chi connectivity index (χ0) is 20.9. The molecule has 1 fully saturated rings. The maximum atomic E-state index is 13.0. The van der Waals surface area contributed by atoms with Crippen LogP contribution in [0.2, 0.25) is 0 Å². The van der Waals surface area contributed by atoms with E-state index in [0.717, 1.165) is 36.1 Å². The van der Waals surface area contributed by atoms with Gasteiger partial charge in [-0.25, -0.2) is 4.98 Å². The Morgan fingerprint density at radius 1 is 1.20 bits per heavy atom. The number of benzene rings is 1. The predicted octanol–water partition coefficient (Wildman–Crippen LogP) is 3.84. The monoisotopic (exact) mass is 406 g/mol. The SMILES string of the molecule is CCc1nc2cnccc2c(=O)n1-c1ccc(OCCCN2CCC[C@H](C)C2)cc1. The summed E-state index contributed by atoms with van der Waals surface area (Å²) < 4.78 is 7.62. The van der Waals surface area contributed by atoms with Crippen LogP contribution in [-0.2, 0) is 6.42 Å². The van der Waals surface area contributed by atoms with E-state index in [9.17, 15) is 4.79 Å². The summed E-state index contributed by atoms with van der Waals surface area (Å²) in [6.07, 6.45) is 7.61. The standard InChI is InChI=1S/C24H30N4O2/c1-3-23-26-22-16-25-12-11-21(22)24(29)28(23)19-7-9-20(10-8-19)30-15-5-14-27-13-4-6-18(2)17-27/h7-12,16,18H,3-6,13-15,17H2,1-2H3/t18-/m0/s1. The predicted molar refractivity (Wildman–Crippen MR) is 119 cm³/mol. The molecule has 0 bridgehead atoms. The lowest BCUT2D eigenvalue weighted by Gasteiger charge is -2.30. The molecule has 0 spiro atoms. The van der Waals surface area contributed by atoms with Gasteiger partial charge in [-0.1, -0.05) is 13.8 Å². The van der Waals surface area contributed by atoms with E-state index in [1.54, 1.807) is 23.0 Å². The fourth-order valence-corrected chi connectivity index (χ4v) is 4.25. The van der Waals surface area contributed by atoms with E-state index in [2.05, 4.69) is 21.8 Å². The van der Waals surface area contributed by atoms with Crippen molar-refractivity contribution >= 4 is 10.9 Å². The van der Waals surface area contributed by atoms with Crippen molar-refractivity contribution in [2.75, 3.05) is 26.2 Å². The van der Waals surface area contributed by atoms with E-state index in [1.807, 2.05) is 31.2 Å². The molecule has 6 heteroatoms. The fraction of sp³-hybridized carbons (Fsp3) is 0.458. The summed E-state index contributed by atoms with van der Waals surface area (Å²) in [6.45, 7) is 8.55. The molecular weight excluding hydrogens is 376 g/mol. The highest BCUT2D eigenvalue weighted by Crippen LogP contribution is 2.18. The van der Waals surface area contributed by atoms with Crippen LogP contribution in [0.15, 0.2) is 47.5 Å². The van der Waals surface area contributed by atoms with Gasteiger partial charge in [-0.05, 0) is 62.1 Å². The van der Waals surface area contributed by atoms with Crippen LogP contribution in [0.4, 0.5) is 0 Å². The minimum Gasteiger partial charge on any atom is -0.494 e. The Bertz CT molecular complexity index is 1050. The Morgan fingerprint density at radius 3 is 2.80 bits per heavy atom. The minimum atomic E-state index is -0.0660. The van der Waals surface area contributed by atoms with E-state index in [1.165, 1.54) is 25.9 Å². The molecule has 0 unspecified atom stereocenters. The summed E-state index contributed by atoms with van der Waals surface area (Å²) in [7, 11) is 0. The lowest BCUT2D eigenvalue weighted by Crippen LogP contribution is -2.35. The van der Waals surface area contributed by atoms with Gasteiger partial charge in [-0.3, -0.25) is 14.3 Å². The maximum Gasteiger partial charge on any atom is 0.266 e. The third kappa shape index (κ3) is 4.54. The fourth-order valence-electron chi connectivity index (χ4n) is 4.25. The number of pyridine rings is 1. The van der Waals surface area contributed by atoms with Crippen LogP contribution in [0.5, 0.6) is 5.75 Å². The summed E-state index contributed by atoms with van der Waals surface area (Å²) in [6, 6.07) is 9.44. The quantitative estimate of drug-likeness (QED) is 0.558. The lowest BCUT2D eigenvalue weighted by molar-refractivity contribution is 0.170. The van der Waals surface area contributed by atoms with E-state index >= 15 is 0 Å². The van der Waals surface area contributed by atoms with E-state index in [-0.39, 0.29) is 5.56 Å². The molecule has 1 atom stereocenters. The summed E-state index contributed by atoms with van der Waals surface area (Å²) in [5, 5.41) is 0.578. The summed E-state index contributed by atoms with van der Waals surface area (Å²) in [5.74, 6) is 2.37. The Hall–Kier alpha value is -2.73. The number of likely N-dealkylation sites (tertiary alicyclic amines) is 1. The van der Waals surface area contributed by atoms with Gasteiger partial charge in [0.15, 0.2) is 0 Å². The zero-order valence-corrected chi connectivity index (χ0v) is 17.9. The molecular formula is C24H30N4O2. The van der Waals surface area contributed by atoms with E-state index in [0.29, 0.717) is 23.9 Å². The maximum absolute atomic E-state index is 13.0. The normalized spacial score (nSPS) is 17.3. The smallest absolute Gasteiger partial charge is 0.266 e. The molecule has 6 nitrogen and oxygen atoms in total. The summed E-state index contributed by atoms with van der Waals surface area (Å²) in [4.78, 5) is 24.3. The van der Waals surface area contributed by atoms with Gasteiger partial charge in [0.2, 0.25) is 0 Å². The second-order valence-corrected chi connectivity index (χ2v) is 8.16. The van der Waals surface area contributed by atoms with Crippen LogP contribution in [-0.4, -0.2) is 45.7 Å². The number of piperidine rings is 1. The number of aromatic nitrogens is 3. The molecule has 0 saturated carbocycles. The van der Waals surface area contributed by atoms with Crippen LogP contribution in [0.1, 0.15) is 38.9 Å². The van der Waals surface area contributed by atoms with Crippen molar-refractivity contribution in [3.05, 3.63) is 58.9 Å². The number of nitrogens with zero attached hydrogens (tertiary/aromatic N) is 4. The number of aryl methyl sites for hydroxylation is 1. The van der Waals surface area contributed by atoms with E-state index < -0.39 is 0 Å². The van der Waals surface area contributed by atoms with Crippen molar-refractivity contribution in [1.29, 1.82) is 0 Å². The molecule has 1 aliphatic rings. The summed E-state index contributed by atoms with van der Waals surface area (Å²) >= 11 is 0. The first-order valence-electron chi connectivity index (χ1n) is 11.0. The first kappa shape index (κ1) is 20.5. The molecule has 1 saturated heterocycles. The molecule has 0 amide bonds. The molecule has 0 N–H and O–H groups in total. The van der Waals surface area contributed by atoms with Gasteiger partial charge < -0.3 is 9.64 Å². The van der Waals surface area contributed by atoms with Crippen LogP contribution < -0.4 is 10.3 Å². The largest absolute Gasteiger partial charge is 0.494 e. The molecule has 3 aromatic rings. The van der Waals surface area contributed by atoms with Crippen molar-refractivity contribution < 1.29 is 4.74 Å². The highest BCUT2D eigenvalue weighted by Gasteiger charge is 2.15. The molecule has 1 aromatic carbocycles. The molecule has 4 rings (SSSR count). The third-order valence-electron chi connectivity index (χ3n) is 5.78. The Kier molecular flexibility index (Phi) is 6.43. The van der Waals surface area contributed by atoms with Crippen molar-refractivity contribution in [2.45, 2.75) is 39.5 Å². The number of fused-ring (bicyclic) bond motifs is 1. The minimum absolute atomic E-state index is 0.0660. The Labute approximate surface area is 177 Å². The number of hydrogen-bond acceptors (Lipinski definition) is 5. The Morgan fingerprint density at radius 2 is 2.03 bits per heavy atom. The first-order chi connectivity index (χ1) is 14.7. The van der Waals surface area contributed by atoms with Crippen molar-refractivity contribution in [3.63, 3.8) is 0 Å². The number of hydrogen-bond donors (Lipinski definition) is 0. The highest BCUT2D eigenvalue weighted by molar-refractivity contribution is 5.76. The number of ether oxygens (including phenoxy) is 1. The topological polar surface area (TPSA) is 60.3 Å². The molecule has 0 radical (unpaired) electrons.